The number of amides is 2. The highest BCUT2D eigenvalue weighted by Gasteiger charge is 2.35. The molecule has 1 atom stereocenters. The molecular weight excluding hydrogens is 578 g/mol. The summed E-state index contributed by atoms with van der Waals surface area (Å²) in [6.45, 7) is 1.24. The first-order chi connectivity index (χ1) is 18.9. The number of carbonyl (C=O) groups excluding carboxylic acids is 2. The monoisotopic (exact) mass is 608 g/mol. The van der Waals surface area contributed by atoms with Gasteiger partial charge in [0.15, 0.2) is 0 Å². The van der Waals surface area contributed by atoms with Crippen LogP contribution in [0.25, 0.3) is 0 Å². The Bertz CT molecular complexity index is 1400. The normalized spacial score (nSPS) is 12.2. The molecule has 0 aliphatic heterocycles. The van der Waals surface area contributed by atoms with E-state index in [0.29, 0.717) is 12.1 Å². The maximum absolute atomic E-state index is 14.1. The fraction of sp³-hybridized carbons (Fsp3) is 0.286. The third kappa shape index (κ3) is 7.72. The highest BCUT2D eigenvalue weighted by atomic mass is 35.5. The summed E-state index contributed by atoms with van der Waals surface area (Å²) in [7, 11) is -1.55. The van der Waals surface area contributed by atoms with Crippen LogP contribution in [0.1, 0.15) is 18.1 Å². The highest BCUT2D eigenvalue weighted by molar-refractivity contribution is 7.90. The summed E-state index contributed by atoms with van der Waals surface area (Å²) in [5.74, 6) is -1.67. The number of rotatable bonds is 12. The van der Waals surface area contributed by atoms with Gasteiger partial charge in [0.05, 0.1) is 5.69 Å². The number of hydrogen-bond acceptors (Lipinski definition) is 4. The lowest BCUT2D eigenvalue weighted by molar-refractivity contribution is -0.140. The second kappa shape index (κ2) is 13.9. The predicted octanol–water partition coefficient (Wildman–Crippen LogP) is 4.52. The molecule has 3 aromatic rings. The topological polar surface area (TPSA) is 90.0 Å². The maximum atomic E-state index is 14.1. The van der Waals surface area contributed by atoms with Gasteiger partial charge in [0.1, 0.15) is 18.4 Å². The zero-order valence-electron chi connectivity index (χ0n) is 22.4. The van der Waals surface area contributed by atoms with Crippen molar-refractivity contribution in [3.63, 3.8) is 0 Å². The minimum absolute atomic E-state index is 0.0804. The summed E-state index contributed by atoms with van der Waals surface area (Å²) in [4.78, 5) is 28.8. The molecule has 40 heavy (non-hydrogen) atoms. The van der Waals surface area contributed by atoms with Crippen LogP contribution >= 0.6 is 23.2 Å². The van der Waals surface area contributed by atoms with E-state index in [9.17, 15) is 22.4 Å². The molecule has 0 aliphatic rings. The molecule has 2 amide bonds. The molecule has 0 spiro atoms. The number of anilines is 1. The zero-order valence-corrected chi connectivity index (χ0v) is 24.7. The van der Waals surface area contributed by atoms with Crippen LogP contribution in [0.15, 0.2) is 72.8 Å². The van der Waals surface area contributed by atoms with Crippen molar-refractivity contribution in [2.24, 2.45) is 0 Å². The zero-order chi connectivity index (χ0) is 29.4. The first-order valence-corrected chi connectivity index (χ1v) is 14.6. The molecule has 0 radical (unpaired) electrons. The minimum atomic E-state index is -4.19. The van der Waals surface area contributed by atoms with Gasteiger partial charge in [0, 0.05) is 49.2 Å². The van der Waals surface area contributed by atoms with Gasteiger partial charge < -0.3 is 10.2 Å². The number of nitrogens with one attached hydrogen (secondary N) is 1. The van der Waals surface area contributed by atoms with E-state index in [1.54, 1.807) is 25.1 Å². The van der Waals surface area contributed by atoms with E-state index in [0.717, 1.165) is 26.3 Å². The molecule has 8 nitrogen and oxygen atoms in total. The van der Waals surface area contributed by atoms with Crippen LogP contribution < -0.4 is 9.62 Å². The number of halogens is 3. The molecule has 214 valence electrons. The second-order valence-corrected chi connectivity index (χ2v) is 12.0. The van der Waals surface area contributed by atoms with Gasteiger partial charge in [-0.25, -0.2) is 8.70 Å². The van der Waals surface area contributed by atoms with Crippen molar-refractivity contribution in [2.75, 3.05) is 31.5 Å². The first-order valence-electron chi connectivity index (χ1n) is 12.5. The van der Waals surface area contributed by atoms with Gasteiger partial charge >= 0.3 is 10.2 Å². The highest BCUT2D eigenvalue weighted by Crippen LogP contribution is 2.28. The van der Waals surface area contributed by atoms with E-state index in [-0.39, 0.29) is 28.7 Å². The molecule has 0 bridgehead atoms. The number of likely N-dealkylation sites (N-methyl/N-ethyl adjacent to an activating group) is 1. The Hall–Kier alpha value is -3.18. The molecule has 12 heteroatoms. The van der Waals surface area contributed by atoms with Crippen LogP contribution in [0.2, 0.25) is 10.0 Å². The Morgan fingerprint density at radius 2 is 1.52 bits per heavy atom. The standard InChI is InChI=1S/C28H31Cl2FN4O4S/c1-4-32-28(37)26(17-20-9-6-5-7-10-20)34(18-23-24(29)11-8-12-25(23)30)27(36)19-35(40(38,39)33(2)3)22-15-13-21(31)14-16-22/h5-16,26H,4,17-19H2,1-3H3,(H,32,37). The van der Waals surface area contributed by atoms with Gasteiger partial charge in [-0.3, -0.25) is 9.59 Å². The first kappa shape index (κ1) is 31.3. The van der Waals surface area contributed by atoms with Crippen LogP contribution in [0.3, 0.4) is 0 Å². The van der Waals surface area contributed by atoms with Crippen LogP contribution in [0, 0.1) is 5.82 Å². The Morgan fingerprint density at radius 3 is 2.08 bits per heavy atom. The fourth-order valence-corrected chi connectivity index (χ4v) is 5.60. The SMILES string of the molecule is CCNC(=O)C(Cc1ccccc1)N(Cc1c(Cl)cccc1Cl)C(=O)CN(c1ccc(F)cc1)S(=O)(=O)N(C)C. The van der Waals surface area contributed by atoms with Gasteiger partial charge in [-0.05, 0) is 48.9 Å². The van der Waals surface area contributed by atoms with Gasteiger partial charge in [-0.1, -0.05) is 59.6 Å². The average Bonchev–Trinajstić information content (AvgIpc) is 2.91. The van der Waals surface area contributed by atoms with Crippen molar-refractivity contribution in [1.29, 1.82) is 0 Å². The number of benzene rings is 3. The largest absolute Gasteiger partial charge is 0.355 e. The van der Waals surface area contributed by atoms with Gasteiger partial charge in [0.25, 0.3) is 0 Å². The molecular formula is C28H31Cl2FN4O4S. The van der Waals surface area contributed by atoms with Gasteiger partial charge in [-0.2, -0.15) is 12.7 Å². The molecule has 1 N–H and O–H groups in total. The lowest BCUT2D eigenvalue weighted by atomic mass is 10.0. The van der Waals surface area contributed by atoms with Gasteiger partial charge in [0.2, 0.25) is 11.8 Å². The minimum Gasteiger partial charge on any atom is -0.355 e. The summed E-state index contributed by atoms with van der Waals surface area (Å²) >= 11 is 12.9. The van der Waals surface area contributed by atoms with Crippen molar-refractivity contribution in [3.8, 4) is 0 Å². The van der Waals surface area contributed by atoms with Crippen LogP contribution in [0.4, 0.5) is 10.1 Å². The summed E-state index contributed by atoms with van der Waals surface area (Å²) < 4.78 is 42.1. The van der Waals surface area contributed by atoms with Crippen molar-refractivity contribution in [3.05, 3.63) is 99.8 Å². The predicted molar refractivity (Wildman–Crippen MR) is 156 cm³/mol. The quantitative estimate of drug-likeness (QED) is 0.327. The molecule has 0 saturated heterocycles. The van der Waals surface area contributed by atoms with Crippen LogP contribution in [-0.4, -0.2) is 62.7 Å². The number of carbonyl (C=O) groups is 2. The molecule has 0 heterocycles. The molecule has 0 aromatic heterocycles. The van der Waals surface area contributed by atoms with Crippen molar-refractivity contribution >= 4 is 50.9 Å². The molecule has 0 aliphatic carbocycles. The van der Waals surface area contributed by atoms with Crippen LogP contribution in [0.5, 0.6) is 0 Å². The molecule has 3 aromatic carbocycles. The molecule has 0 saturated carbocycles. The number of nitrogens with zero attached hydrogens (tertiary/aromatic N) is 3. The third-order valence-electron chi connectivity index (χ3n) is 6.15. The smallest absolute Gasteiger partial charge is 0.304 e. The van der Waals surface area contributed by atoms with E-state index in [2.05, 4.69) is 5.32 Å². The summed E-state index contributed by atoms with van der Waals surface area (Å²) in [6.07, 6.45) is 0.150. The third-order valence-corrected chi connectivity index (χ3v) is 8.67. The molecule has 1 unspecified atom stereocenters. The lowest BCUT2D eigenvalue weighted by Crippen LogP contribution is -2.54. The summed E-state index contributed by atoms with van der Waals surface area (Å²) in [5, 5.41) is 3.35. The summed E-state index contributed by atoms with van der Waals surface area (Å²) in [5.41, 5.74) is 1.28. The Balaban J connectivity index is 2.12. The second-order valence-electron chi connectivity index (χ2n) is 9.10. The Labute approximate surface area is 244 Å². The van der Waals surface area contributed by atoms with E-state index >= 15 is 0 Å². The van der Waals surface area contributed by atoms with E-state index in [4.69, 9.17) is 23.2 Å². The van der Waals surface area contributed by atoms with Crippen molar-refractivity contribution < 1.29 is 22.4 Å². The lowest BCUT2D eigenvalue weighted by Gasteiger charge is -2.34. The number of hydrogen-bond donors (Lipinski definition) is 1. The fourth-order valence-electron chi connectivity index (χ4n) is 4.02. The van der Waals surface area contributed by atoms with E-state index in [1.165, 1.54) is 31.1 Å². The molecule has 3 rings (SSSR count). The maximum Gasteiger partial charge on any atom is 0.304 e. The van der Waals surface area contributed by atoms with Crippen molar-refractivity contribution in [1.82, 2.24) is 14.5 Å². The Kier molecular flexibility index (Phi) is 10.9. The molecule has 0 fully saturated rings. The average molecular weight is 610 g/mol. The summed E-state index contributed by atoms with van der Waals surface area (Å²) in [6, 6.07) is 17.7. The van der Waals surface area contributed by atoms with Gasteiger partial charge in [-0.15, -0.1) is 0 Å². The van der Waals surface area contributed by atoms with Crippen LogP contribution in [-0.2, 0) is 32.8 Å². The van der Waals surface area contributed by atoms with E-state index in [1.807, 2.05) is 30.3 Å². The van der Waals surface area contributed by atoms with Crippen molar-refractivity contribution in [2.45, 2.75) is 25.9 Å². The van der Waals surface area contributed by atoms with E-state index < -0.39 is 40.4 Å². The Morgan fingerprint density at radius 1 is 0.925 bits per heavy atom.